The molecule has 0 aromatic carbocycles. The summed E-state index contributed by atoms with van der Waals surface area (Å²) in [6, 6.07) is 0. The van der Waals surface area contributed by atoms with Gasteiger partial charge in [0, 0.05) is 11.6 Å². The predicted molar refractivity (Wildman–Crippen MR) is 31.2 cm³/mol. The maximum absolute atomic E-state index is 5.15. The fourth-order valence-corrected chi connectivity index (χ4v) is 0.558. The lowest BCUT2D eigenvalue weighted by atomic mass is 10.6. The van der Waals surface area contributed by atoms with Crippen LogP contribution in [0.25, 0.3) is 0 Å². The fourth-order valence-electron chi connectivity index (χ4n) is 0.186. The monoisotopic (exact) mass is 104 g/mol. The topological polar surface area (TPSA) is 26.0 Å². The molecule has 0 spiro atoms. The van der Waals surface area contributed by atoms with Crippen LogP contribution >= 0.6 is 11.8 Å². The first-order chi connectivity index (χ1) is 2.91. The van der Waals surface area contributed by atoms with Gasteiger partial charge in [0.1, 0.15) is 0 Å². The normalized spacial score (nSPS) is 9.00. The van der Waals surface area contributed by atoms with Crippen LogP contribution in [0, 0.1) is 5.75 Å². The van der Waals surface area contributed by atoms with Crippen molar-refractivity contribution in [2.24, 2.45) is 5.73 Å². The molecule has 0 saturated heterocycles. The second-order valence-electron chi connectivity index (χ2n) is 0.908. The zero-order chi connectivity index (χ0) is 4.83. The molecule has 2 heteroatoms. The van der Waals surface area contributed by atoms with Gasteiger partial charge in [0.15, 0.2) is 0 Å². The highest BCUT2D eigenvalue weighted by Crippen LogP contribution is 2.02. The van der Waals surface area contributed by atoms with E-state index in [1.165, 1.54) is 0 Å². The first-order valence-electron chi connectivity index (χ1n) is 2.05. The van der Waals surface area contributed by atoms with E-state index in [-0.39, 0.29) is 0 Å². The molecule has 0 fully saturated rings. The van der Waals surface area contributed by atoms with Crippen LogP contribution in [0.2, 0.25) is 0 Å². The number of thioether (sulfide) groups is 1. The number of hydrogen-bond donors (Lipinski definition) is 1. The van der Waals surface area contributed by atoms with Crippen LogP contribution in [0.5, 0.6) is 0 Å². The molecule has 0 aliphatic rings. The average Bonchev–Trinajstić information content (AvgIpc) is 1.61. The molecule has 0 aromatic heterocycles. The molecular formula is C4H10NS. The smallest absolute Gasteiger partial charge is 0.0395 e. The molecule has 0 atom stereocenters. The third-order valence-electron chi connectivity index (χ3n) is 0.381. The SMILES string of the molecule is CC[CH]SCN. The molecular weight excluding hydrogens is 94.1 g/mol. The summed E-state index contributed by atoms with van der Waals surface area (Å²) in [5, 5.41) is 0. The number of rotatable bonds is 3. The van der Waals surface area contributed by atoms with Crippen LogP contribution in [-0.4, -0.2) is 5.88 Å². The summed E-state index contributed by atoms with van der Waals surface area (Å²) in [6.07, 6.45) is 1.11. The molecule has 0 bridgehead atoms. The lowest BCUT2D eigenvalue weighted by Crippen LogP contribution is -1.90. The molecule has 0 aliphatic carbocycles. The van der Waals surface area contributed by atoms with Crippen LogP contribution in [-0.2, 0) is 0 Å². The Kier molecular flexibility index (Phi) is 5.58. The minimum absolute atomic E-state index is 0.716. The van der Waals surface area contributed by atoms with E-state index in [0.717, 1.165) is 6.42 Å². The van der Waals surface area contributed by atoms with E-state index in [4.69, 9.17) is 5.73 Å². The first-order valence-corrected chi connectivity index (χ1v) is 3.10. The zero-order valence-electron chi connectivity index (χ0n) is 3.98. The zero-order valence-corrected chi connectivity index (χ0v) is 4.79. The van der Waals surface area contributed by atoms with Crippen molar-refractivity contribution in [3.05, 3.63) is 5.75 Å². The summed E-state index contributed by atoms with van der Waals surface area (Å²) >= 11 is 1.66. The second-order valence-corrected chi connectivity index (χ2v) is 1.91. The Morgan fingerprint density at radius 2 is 2.50 bits per heavy atom. The molecule has 0 aromatic rings. The van der Waals surface area contributed by atoms with Crippen LogP contribution in [0.15, 0.2) is 0 Å². The minimum atomic E-state index is 0.716. The Balaban J connectivity index is 2.34. The quantitative estimate of drug-likeness (QED) is 0.430. The molecule has 6 heavy (non-hydrogen) atoms. The molecule has 0 saturated carbocycles. The standard InChI is InChI=1S/C4H10NS/c1-2-3-6-4-5/h3H,2,4-5H2,1H3. The molecule has 0 aliphatic heterocycles. The van der Waals surface area contributed by atoms with Gasteiger partial charge >= 0.3 is 0 Å². The highest BCUT2D eigenvalue weighted by Gasteiger charge is 1.75. The van der Waals surface area contributed by atoms with E-state index < -0.39 is 0 Å². The van der Waals surface area contributed by atoms with Crippen LogP contribution < -0.4 is 5.73 Å². The first kappa shape index (κ1) is 6.31. The van der Waals surface area contributed by atoms with Crippen molar-refractivity contribution in [1.29, 1.82) is 0 Å². The maximum Gasteiger partial charge on any atom is 0.0395 e. The lowest BCUT2D eigenvalue weighted by Gasteiger charge is -1.86. The highest BCUT2D eigenvalue weighted by molar-refractivity contribution is 8.01. The van der Waals surface area contributed by atoms with Gasteiger partial charge in [-0.15, -0.1) is 11.8 Å². The Hall–Kier alpha value is 0.310. The lowest BCUT2D eigenvalue weighted by molar-refractivity contribution is 1.20. The minimum Gasteiger partial charge on any atom is -0.322 e. The van der Waals surface area contributed by atoms with Crippen LogP contribution in [0.1, 0.15) is 13.3 Å². The summed E-state index contributed by atoms with van der Waals surface area (Å²) in [7, 11) is 0. The third kappa shape index (κ3) is 4.31. The molecule has 1 nitrogen and oxygen atoms in total. The maximum atomic E-state index is 5.15. The van der Waals surface area contributed by atoms with Crippen molar-refractivity contribution in [1.82, 2.24) is 0 Å². The second kappa shape index (κ2) is 5.31. The fraction of sp³-hybridized carbons (Fsp3) is 0.750. The molecule has 0 amide bonds. The Morgan fingerprint density at radius 1 is 1.83 bits per heavy atom. The average molecular weight is 104 g/mol. The highest BCUT2D eigenvalue weighted by atomic mass is 32.2. The van der Waals surface area contributed by atoms with Crippen molar-refractivity contribution in [2.45, 2.75) is 13.3 Å². The van der Waals surface area contributed by atoms with E-state index in [9.17, 15) is 0 Å². The summed E-state index contributed by atoms with van der Waals surface area (Å²) in [5.41, 5.74) is 5.15. The van der Waals surface area contributed by atoms with Crippen LogP contribution in [0.3, 0.4) is 0 Å². The molecule has 1 radical (unpaired) electrons. The van der Waals surface area contributed by atoms with Gasteiger partial charge in [-0.3, -0.25) is 0 Å². The summed E-state index contributed by atoms with van der Waals surface area (Å²) in [4.78, 5) is 0. The summed E-state index contributed by atoms with van der Waals surface area (Å²) in [5.74, 6) is 2.81. The molecule has 0 heterocycles. The van der Waals surface area contributed by atoms with Gasteiger partial charge in [-0.25, -0.2) is 0 Å². The van der Waals surface area contributed by atoms with E-state index in [1.807, 2.05) is 0 Å². The Bertz CT molecular complexity index is 19.5. The van der Waals surface area contributed by atoms with Crippen molar-refractivity contribution >= 4 is 11.8 Å². The summed E-state index contributed by atoms with van der Waals surface area (Å²) < 4.78 is 0. The number of nitrogens with two attached hydrogens (primary N) is 1. The van der Waals surface area contributed by atoms with Gasteiger partial charge in [0.25, 0.3) is 0 Å². The molecule has 2 N–H and O–H groups in total. The summed E-state index contributed by atoms with van der Waals surface area (Å²) in [6.45, 7) is 2.10. The Morgan fingerprint density at radius 3 is 2.67 bits per heavy atom. The third-order valence-corrected chi connectivity index (χ3v) is 1.14. The number of hydrogen-bond acceptors (Lipinski definition) is 2. The van der Waals surface area contributed by atoms with E-state index in [0.29, 0.717) is 5.88 Å². The van der Waals surface area contributed by atoms with Crippen molar-refractivity contribution in [3.63, 3.8) is 0 Å². The van der Waals surface area contributed by atoms with Crippen LogP contribution in [0.4, 0.5) is 0 Å². The van der Waals surface area contributed by atoms with Crippen molar-refractivity contribution in [3.8, 4) is 0 Å². The van der Waals surface area contributed by atoms with Gasteiger partial charge in [0.2, 0.25) is 0 Å². The van der Waals surface area contributed by atoms with E-state index in [2.05, 4.69) is 12.7 Å². The predicted octanol–water partition coefficient (Wildman–Crippen LogP) is 1.21. The van der Waals surface area contributed by atoms with Crippen molar-refractivity contribution in [2.75, 3.05) is 5.88 Å². The molecule has 0 rings (SSSR count). The van der Waals surface area contributed by atoms with Crippen molar-refractivity contribution < 1.29 is 0 Å². The van der Waals surface area contributed by atoms with E-state index in [1.54, 1.807) is 11.8 Å². The Labute approximate surface area is 43.3 Å². The van der Waals surface area contributed by atoms with Gasteiger partial charge in [-0.2, -0.15) is 0 Å². The van der Waals surface area contributed by atoms with Gasteiger partial charge in [-0.05, 0) is 6.42 Å². The van der Waals surface area contributed by atoms with Gasteiger partial charge in [0.05, 0.1) is 0 Å². The van der Waals surface area contributed by atoms with Gasteiger partial charge in [-0.1, -0.05) is 6.92 Å². The molecule has 0 unspecified atom stereocenters. The van der Waals surface area contributed by atoms with E-state index >= 15 is 0 Å². The molecule has 37 valence electrons. The largest absolute Gasteiger partial charge is 0.322 e. The van der Waals surface area contributed by atoms with Gasteiger partial charge < -0.3 is 5.73 Å².